The molecular weight excluding hydrogens is 366 g/mol. The molecule has 1 aliphatic rings. The number of amides is 1. The van der Waals surface area contributed by atoms with Gasteiger partial charge in [0.25, 0.3) is 5.91 Å². The molecule has 0 spiro atoms. The third kappa shape index (κ3) is 5.05. The summed E-state index contributed by atoms with van der Waals surface area (Å²) in [5.41, 5.74) is 1.83. The molecule has 6 nitrogen and oxygen atoms in total. The van der Waals surface area contributed by atoms with Gasteiger partial charge in [0.05, 0.1) is 46.1 Å². The number of halogens is 1. The van der Waals surface area contributed by atoms with E-state index in [9.17, 15) is 4.79 Å². The van der Waals surface area contributed by atoms with Crippen LogP contribution in [0.3, 0.4) is 0 Å². The molecule has 3 rings (SSSR count). The van der Waals surface area contributed by atoms with Crippen LogP contribution in [0, 0.1) is 0 Å². The predicted molar refractivity (Wildman–Crippen MR) is 107 cm³/mol. The minimum atomic E-state index is -0.0200. The van der Waals surface area contributed by atoms with E-state index in [1.165, 1.54) is 10.6 Å². The van der Waals surface area contributed by atoms with Crippen molar-refractivity contribution in [3.8, 4) is 11.5 Å². The molecule has 0 saturated carbocycles. The zero-order chi connectivity index (χ0) is 19.2. The first kappa shape index (κ1) is 19.3. The molecule has 7 heteroatoms. The van der Waals surface area contributed by atoms with E-state index >= 15 is 0 Å². The van der Waals surface area contributed by atoms with Crippen molar-refractivity contribution in [3.05, 3.63) is 47.5 Å². The minimum Gasteiger partial charge on any atom is -0.497 e. The number of methoxy groups -OCH3 is 2. The number of carbonyl (C=O) groups is 1. The second-order valence-corrected chi connectivity index (χ2v) is 6.94. The molecule has 1 aliphatic heterocycles. The lowest BCUT2D eigenvalue weighted by atomic mass is 10.2. The zero-order valence-electron chi connectivity index (χ0n) is 15.6. The molecule has 1 heterocycles. The molecular formula is C20H25ClN3O3+. The van der Waals surface area contributed by atoms with Crippen LogP contribution >= 0.6 is 11.6 Å². The summed E-state index contributed by atoms with van der Waals surface area (Å²) in [4.78, 5) is 16.0. The molecule has 0 unspecified atom stereocenters. The summed E-state index contributed by atoms with van der Waals surface area (Å²) >= 11 is 5.95. The van der Waals surface area contributed by atoms with Gasteiger partial charge in [0.15, 0.2) is 6.54 Å². The van der Waals surface area contributed by atoms with Crippen LogP contribution in [-0.2, 0) is 4.79 Å². The maximum atomic E-state index is 12.4. The van der Waals surface area contributed by atoms with Crippen molar-refractivity contribution in [1.29, 1.82) is 0 Å². The molecule has 0 bridgehead atoms. The standard InChI is InChI=1S/C20H24ClN3O3/c1-26-17-7-8-18(19(13-17)27-2)22-20(25)14-23-9-11-24(12-10-23)16-5-3-15(21)4-6-16/h3-8,13H,9-12,14H2,1-2H3,(H,22,25)/p+1. The van der Waals surface area contributed by atoms with Gasteiger partial charge in [-0.2, -0.15) is 0 Å². The number of piperazine rings is 1. The lowest BCUT2D eigenvalue weighted by Crippen LogP contribution is -3.15. The minimum absolute atomic E-state index is 0.0200. The third-order valence-corrected chi connectivity index (χ3v) is 5.01. The Morgan fingerprint density at radius 3 is 2.44 bits per heavy atom. The summed E-state index contributed by atoms with van der Waals surface area (Å²) in [5.74, 6) is 1.26. The van der Waals surface area contributed by atoms with E-state index in [4.69, 9.17) is 21.1 Å². The van der Waals surface area contributed by atoms with Crippen molar-refractivity contribution in [2.24, 2.45) is 0 Å². The van der Waals surface area contributed by atoms with Crippen LogP contribution in [0.15, 0.2) is 42.5 Å². The third-order valence-electron chi connectivity index (χ3n) is 4.76. The van der Waals surface area contributed by atoms with Gasteiger partial charge in [-0.05, 0) is 36.4 Å². The van der Waals surface area contributed by atoms with Crippen LogP contribution in [0.1, 0.15) is 0 Å². The van der Waals surface area contributed by atoms with Crippen LogP contribution < -0.4 is 24.6 Å². The highest BCUT2D eigenvalue weighted by molar-refractivity contribution is 6.30. The smallest absolute Gasteiger partial charge is 0.279 e. The first-order chi connectivity index (χ1) is 13.1. The monoisotopic (exact) mass is 390 g/mol. The Hall–Kier alpha value is -2.44. The number of rotatable bonds is 6. The molecule has 0 aliphatic carbocycles. The van der Waals surface area contributed by atoms with Gasteiger partial charge in [-0.25, -0.2) is 0 Å². The summed E-state index contributed by atoms with van der Waals surface area (Å²) < 4.78 is 10.5. The Labute approximate surface area is 164 Å². The number of ether oxygens (including phenoxy) is 2. The molecule has 2 N–H and O–H groups in total. The highest BCUT2D eigenvalue weighted by atomic mass is 35.5. The lowest BCUT2D eigenvalue weighted by Gasteiger charge is -2.33. The fourth-order valence-electron chi connectivity index (χ4n) is 3.23. The summed E-state index contributed by atoms with van der Waals surface area (Å²) in [6.07, 6.45) is 0. The molecule has 1 amide bonds. The quantitative estimate of drug-likeness (QED) is 0.788. The second kappa shape index (κ2) is 8.97. The highest BCUT2D eigenvalue weighted by Crippen LogP contribution is 2.28. The molecule has 0 radical (unpaired) electrons. The Morgan fingerprint density at radius 2 is 1.81 bits per heavy atom. The largest absolute Gasteiger partial charge is 0.497 e. The number of anilines is 2. The van der Waals surface area contributed by atoms with Crippen molar-refractivity contribution in [3.63, 3.8) is 0 Å². The van der Waals surface area contributed by atoms with Crippen LogP contribution in [0.4, 0.5) is 11.4 Å². The van der Waals surface area contributed by atoms with E-state index in [1.54, 1.807) is 32.4 Å². The first-order valence-electron chi connectivity index (χ1n) is 8.95. The van der Waals surface area contributed by atoms with E-state index in [-0.39, 0.29) is 5.91 Å². The normalized spacial score (nSPS) is 14.7. The molecule has 144 valence electrons. The Bertz CT molecular complexity index is 775. The Balaban J connectivity index is 1.51. The molecule has 2 aromatic carbocycles. The summed E-state index contributed by atoms with van der Waals surface area (Å²) in [6.45, 7) is 4.08. The van der Waals surface area contributed by atoms with E-state index < -0.39 is 0 Å². The second-order valence-electron chi connectivity index (χ2n) is 6.50. The Morgan fingerprint density at radius 1 is 1.11 bits per heavy atom. The van der Waals surface area contributed by atoms with Gasteiger partial charge < -0.3 is 24.6 Å². The molecule has 0 atom stereocenters. The first-order valence-corrected chi connectivity index (χ1v) is 9.33. The zero-order valence-corrected chi connectivity index (χ0v) is 16.4. The summed E-state index contributed by atoms with van der Waals surface area (Å²) in [6, 6.07) is 13.2. The van der Waals surface area contributed by atoms with Gasteiger partial charge in [-0.3, -0.25) is 4.79 Å². The van der Waals surface area contributed by atoms with Gasteiger partial charge in [0.1, 0.15) is 11.5 Å². The number of benzene rings is 2. The average Bonchev–Trinajstić information content (AvgIpc) is 2.69. The van der Waals surface area contributed by atoms with E-state index in [2.05, 4.69) is 10.2 Å². The predicted octanol–water partition coefficient (Wildman–Crippen LogP) is 1.70. The fraction of sp³-hybridized carbons (Fsp3) is 0.350. The van der Waals surface area contributed by atoms with Gasteiger partial charge in [0.2, 0.25) is 0 Å². The maximum absolute atomic E-state index is 12.4. The lowest BCUT2D eigenvalue weighted by molar-refractivity contribution is -0.892. The van der Waals surface area contributed by atoms with Gasteiger partial charge >= 0.3 is 0 Å². The molecule has 0 aromatic heterocycles. The van der Waals surface area contributed by atoms with Crippen LogP contribution in [0.2, 0.25) is 5.02 Å². The number of quaternary nitrogens is 1. The van der Waals surface area contributed by atoms with Crippen molar-refractivity contribution < 1.29 is 19.2 Å². The fourth-order valence-corrected chi connectivity index (χ4v) is 3.36. The van der Waals surface area contributed by atoms with Gasteiger partial charge in [-0.15, -0.1) is 0 Å². The average molecular weight is 391 g/mol. The van der Waals surface area contributed by atoms with E-state index in [1.807, 2.05) is 24.3 Å². The van der Waals surface area contributed by atoms with Crippen molar-refractivity contribution in [1.82, 2.24) is 0 Å². The van der Waals surface area contributed by atoms with Crippen molar-refractivity contribution in [2.45, 2.75) is 0 Å². The van der Waals surface area contributed by atoms with E-state index in [0.29, 0.717) is 23.7 Å². The molecule has 1 fully saturated rings. The van der Waals surface area contributed by atoms with Crippen LogP contribution in [-0.4, -0.2) is 52.9 Å². The number of hydrogen-bond donors (Lipinski definition) is 2. The molecule has 1 saturated heterocycles. The van der Waals surface area contributed by atoms with Gasteiger partial charge in [0, 0.05) is 16.8 Å². The number of hydrogen-bond acceptors (Lipinski definition) is 4. The van der Waals surface area contributed by atoms with Crippen LogP contribution in [0.25, 0.3) is 0 Å². The SMILES string of the molecule is COc1ccc(NC(=O)C[NH+]2CCN(c3ccc(Cl)cc3)CC2)c(OC)c1. The van der Waals surface area contributed by atoms with E-state index in [0.717, 1.165) is 31.2 Å². The Kier molecular flexibility index (Phi) is 6.42. The van der Waals surface area contributed by atoms with Crippen molar-refractivity contribution >= 4 is 28.9 Å². The summed E-state index contributed by atoms with van der Waals surface area (Å²) in [7, 11) is 3.17. The number of nitrogens with one attached hydrogen (secondary N) is 2. The molecule has 2 aromatic rings. The maximum Gasteiger partial charge on any atom is 0.279 e. The highest BCUT2D eigenvalue weighted by Gasteiger charge is 2.23. The summed E-state index contributed by atoms with van der Waals surface area (Å²) in [5, 5.41) is 3.68. The topological polar surface area (TPSA) is 55.2 Å². The number of carbonyl (C=O) groups excluding carboxylic acids is 1. The van der Waals surface area contributed by atoms with Crippen LogP contribution in [0.5, 0.6) is 11.5 Å². The van der Waals surface area contributed by atoms with Crippen molar-refractivity contribution in [2.75, 3.05) is 57.2 Å². The molecule has 27 heavy (non-hydrogen) atoms. The van der Waals surface area contributed by atoms with Gasteiger partial charge in [-0.1, -0.05) is 11.6 Å². The number of nitrogens with zero attached hydrogens (tertiary/aromatic N) is 1.